The molecule has 10 nitrogen and oxygen atoms in total. The maximum absolute atomic E-state index is 13.4. The molecule has 5 aromatic heterocycles. The third kappa shape index (κ3) is 3.61. The number of aromatic amines is 1. The molecule has 0 spiro atoms. The highest BCUT2D eigenvalue weighted by Gasteiger charge is 2.38. The zero-order valence-electron chi connectivity index (χ0n) is 17.8. The molecule has 5 aromatic rings. The van der Waals surface area contributed by atoms with Crippen LogP contribution in [-0.2, 0) is 12.6 Å². The number of nitrogens with zero attached hydrogens (tertiary/aromatic N) is 7. The minimum Gasteiger partial charge on any atom is -0.411 e. The van der Waals surface area contributed by atoms with Crippen molar-refractivity contribution in [1.82, 2.24) is 39.7 Å². The van der Waals surface area contributed by atoms with Gasteiger partial charge in [-0.2, -0.15) is 18.3 Å². The van der Waals surface area contributed by atoms with Gasteiger partial charge in [-0.3, -0.25) is 9.78 Å². The Bertz CT molecular complexity index is 1500. The summed E-state index contributed by atoms with van der Waals surface area (Å²) in [7, 11) is 0. The molecule has 1 N–H and O–H groups in total. The third-order valence-electron chi connectivity index (χ3n) is 5.77. The summed E-state index contributed by atoms with van der Waals surface area (Å²) in [4.78, 5) is 26.3. The van der Waals surface area contributed by atoms with E-state index in [4.69, 9.17) is 4.42 Å². The monoisotopic (exact) mass is 480 g/mol. The molecule has 6 heterocycles. The number of fused-ring (bicyclic) bond motifs is 2. The minimum atomic E-state index is -4.52. The quantitative estimate of drug-likeness (QED) is 0.421. The first-order chi connectivity index (χ1) is 16.9. The summed E-state index contributed by atoms with van der Waals surface area (Å²) in [6, 6.07) is 8.89. The predicted octanol–water partition coefficient (Wildman–Crippen LogP) is 3.31. The number of imidazole rings is 1. The molecule has 1 unspecified atom stereocenters. The number of alkyl halides is 3. The topological polar surface area (TPSA) is 118 Å². The first-order valence-electron chi connectivity index (χ1n) is 10.5. The maximum atomic E-state index is 13.4. The van der Waals surface area contributed by atoms with Gasteiger partial charge >= 0.3 is 18.0 Å². The van der Waals surface area contributed by atoms with E-state index in [1.54, 1.807) is 21.9 Å². The molecule has 0 bridgehead atoms. The Hall–Kier alpha value is -4.55. The van der Waals surface area contributed by atoms with E-state index >= 15 is 0 Å². The molecular weight excluding hydrogens is 465 g/mol. The van der Waals surface area contributed by atoms with E-state index < -0.39 is 23.7 Å². The van der Waals surface area contributed by atoms with E-state index in [0.717, 1.165) is 23.3 Å². The van der Waals surface area contributed by atoms with Crippen molar-refractivity contribution in [2.24, 2.45) is 0 Å². The molecule has 0 saturated carbocycles. The van der Waals surface area contributed by atoms with E-state index in [1.807, 2.05) is 24.3 Å². The number of rotatable bonds is 3. The van der Waals surface area contributed by atoms with Crippen LogP contribution in [0.3, 0.4) is 0 Å². The van der Waals surface area contributed by atoms with E-state index in [-0.39, 0.29) is 17.5 Å². The van der Waals surface area contributed by atoms with Gasteiger partial charge in [0.05, 0.1) is 28.8 Å². The van der Waals surface area contributed by atoms with Crippen LogP contribution in [0, 0.1) is 0 Å². The van der Waals surface area contributed by atoms with Crippen LogP contribution in [0.2, 0.25) is 0 Å². The molecule has 0 aliphatic carbocycles. The minimum absolute atomic E-state index is 0.0229. The number of halogens is 3. The van der Waals surface area contributed by atoms with Crippen LogP contribution >= 0.6 is 0 Å². The molecule has 13 heteroatoms. The number of hydrogen-bond donors (Lipinski definition) is 1. The Kier molecular flexibility index (Phi) is 4.65. The molecule has 1 aliphatic rings. The Morgan fingerprint density at radius 1 is 1.14 bits per heavy atom. The van der Waals surface area contributed by atoms with Crippen LogP contribution in [0.15, 0.2) is 59.5 Å². The average Bonchev–Trinajstić information content (AvgIpc) is 3.61. The number of carbonyl (C=O) groups excluding carboxylic acids is 1. The summed E-state index contributed by atoms with van der Waals surface area (Å²) in [6.07, 6.45) is 0.0630. The van der Waals surface area contributed by atoms with E-state index in [0.29, 0.717) is 30.6 Å². The summed E-state index contributed by atoms with van der Waals surface area (Å²) in [5, 5.41) is 12.3. The molecule has 1 amide bonds. The third-order valence-corrected chi connectivity index (χ3v) is 5.77. The van der Waals surface area contributed by atoms with Gasteiger partial charge < -0.3 is 14.3 Å². The van der Waals surface area contributed by atoms with Gasteiger partial charge in [0.2, 0.25) is 0 Å². The van der Waals surface area contributed by atoms with Crippen molar-refractivity contribution in [3.8, 4) is 11.6 Å². The maximum Gasteiger partial charge on any atom is 0.417 e. The van der Waals surface area contributed by atoms with Crippen LogP contribution in [0.25, 0.3) is 17.1 Å². The number of hydrogen-bond acceptors (Lipinski definition) is 7. The van der Waals surface area contributed by atoms with Gasteiger partial charge in [-0.15, -0.1) is 10.2 Å². The lowest BCUT2D eigenvalue weighted by molar-refractivity contribution is -0.137. The summed E-state index contributed by atoms with van der Waals surface area (Å²) >= 11 is 0. The van der Waals surface area contributed by atoms with Gasteiger partial charge in [-0.25, -0.2) is 9.50 Å². The van der Waals surface area contributed by atoms with Crippen LogP contribution in [0.4, 0.5) is 13.2 Å². The lowest BCUT2D eigenvalue weighted by Gasteiger charge is -2.32. The van der Waals surface area contributed by atoms with Gasteiger partial charge in [0.1, 0.15) is 11.7 Å². The largest absolute Gasteiger partial charge is 0.417 e. The predicted molar refractivity (Wildman–Crippen MR) is 113 cm³/mol. The molecule has 176 valence electrons. The molecular formula is C22H15F3N8O2. The van der Waals surface area contributed by atoms with Crippen molar-refractivity contribution in [1.29, 1.82) is 0 Å². The van der Waals surface area contributed by atoms with Gasteiger partial charge in [0, 0.05) is 31.1 Å². The van der Waals surface area contributed by atoms with E-state index in [2.05, 4.69) is 30.2 Å². The molecule has 0 saturated heterocycles. The van der Waals surface area contributed by atoms with Crippen molar-refractivity contribution in [3.63, 3.8) is 0 Å². The molecule has 6 rings (SSSR count). The zero-order chi connectivity index (χ0) is 24.2. The fraction of sp³-hybridized carbons (Fsp3) is 0.182. The fourth-order valence-corrected chi connectivity index (χ4v) is 4.11. The van der Waals surface area contributed by atoms with Gasteiger partial charge in [-0.1, -0.05) is 6.07 Å². The van der Waals surface area contributed by atoms with E-state index in [1.165, 1.54) is 0 Å². The highest BCUT2D eigenvalue weighted by molar-refractivity contribution is 5.90. The summed E-state index contributed by atoms with van der Waals surface area (Å²) in [5.74, 6) is -1.02. The van der Waals surface area contributed by atoms with Crippen molar-refractivity contribution in [2.45, 2.75) is 18.6 Å². The second-order valence-corrected chi connectivity index (χ2v) is 7.90. The first-order valence-corrected chi connectivity index (χ1v) is 10.5. The fourth-order valence-electron chi connectivity index (χ4n) is 4.11. The number of carbonyl (C=O) groups is 1. The lowest BCUT2D eigenvalue weighted by atomic mass is 9.99. The number of amides is 1. The highest BCUT2D eigenvalue weighted by Crippen LogP contribution is 2.34. The average molecular weight is 480 g/mol. The van der Waals surface area contributed by atoms with Crippen LogP contribution in [0.5, 0.6) is 0 Å². The van der Waals surface area contributed by atoms with Crippen LogP contribution in [0.1, 0.15) is 39.4 Å². The normalized spacial score (nSPS) is 16.0. The summed E-state index contributed by atoms with van der Waals surface area (Å²) < 4.78 is 45.6. The van der Waals surface area contributed by atoms with Gasteiger partial charge in [0.15, 0.2) is 0 Å². The van der Waals surface area contributed by atoms with Crippen LogP contribution < -0.4 is 0 Å². The van der Waals surface area contributed by atoms with Crippen molar-refractivity contribution < 1.29 is 22.4 Å². The molecule has 1 aliphatic heterocycles. The molecule has 1 atom stereocenters. The van der Waals surface area contributed by atoms with Crippen molar-refractivity contribution in [2.75, 3.05) is 6.54 Å². The number of nitrogens with one attached hydrogen (secondary N) is 1. The smallest absolute Gasteiger partial charge is 0.411 e. The Labute approximate surface area is 194 Å². The second kappa shape index (κ2) is 7.75. The first kappa shape index (κ1) is 21.0. The Balaban J connectivity index is 1.34. The molecule has 0 fully saturated rings. The Morgan fingerprint density at radius 3 is 2.80 bits per heavy atom. The van der Waals surface area contributed by atoms with E-state index in [9.17, 15) is 18.0 Å². The number of aromatic nitrogens is 7. The van der Waals surface area contributed by atoms with Gasteiger partial charge in [0.25, 0.3) is 5.89 Å². The standard InChI is InChI=1S/C22H15F3N8O2/c23-22(24,25)12-4-5-15(26-10-12)19-29-30-20(35-19)21(34)32-8-6-14-17(28-11-27-14)18(32)16-9-13-3-1-2-7-33(13)31-16/h1-5,7,9-11,18H,6,8H2,(H,27,28). The second-order valence-electron chi connectivity index (χ2n) is 7.90. The summed E-state index contributed by atoms with van der Waals surface area (Å²) in [5.41, 5.74) is 2.14. The number of H-pyrrole nitrogens is 1. The lowest BCUT2D eigenvalue weighted by Crippen LogP contribution is -2.41. The Morgan fingerprint density at radius 2 is 2.03 bits per heavy atom. The van der Waals surface area contributed by atoms with Crippen molar-refractivity contribution >= 4 is 11.4 Å². The zero-order valence-corrected chi connectivity index (χ0v) is 17.8. The highest BCUT2D eigenvalue weighted by atomic mass is 19.4. The molecule has 35 heavy (non-hydrogen) atoms. The van der Waals surface area contributed by atoms with Crippen LogP contribution in [-0.4, -0.2) is 52.1 Å². The SMILES string of the molecule is O=C(c1nnc(-c2ccc(C(F)(F)F)cn2)o1)N1CCc2[nH]cnc2C1c1cc2ccccn2n1. The molecule has 0 aromatic carbocycles. The summed E-state index contributed by atoms with van der Waals surface area (Å²) in [6.45, 7) is 0.336. The molecule has 0 radical (unpaired) electrons. The van der Waals surface area contributed by atoms with Crippen molar-refractivity contribution in [3.05, 3.63) is 83.7 Å². The van der Waals surface area contributed by atoms with Gasteiger partial charge in [-0.05, 0) is 30.3 Å². The number of pyridine rings is 2.